The molecule has 3 rings (SSSR count). The van der Waals surface area contributed by atoms with Crippen LogP contribution in [0.4, 0.5) is 10.5 Å². The molecule has 0 spiro atoms. The number of carbonyl (C=O) groups is 3. The predicted molar refractivity (Wildman–Crippen MR) is 182 cm³/mol. The Hall–Kier alpha value is -4.13. The summed E-state index contributed by atoms with van der Waals surface area (Å²) in [4.78, 5) is 44.1. The van der Waals surface area contributed by atoms with Gasteiger partial charge in [0.1, 0.15) is 17.7 Å². The Balaban J connectivity index is 2.16. The third-order valence-electron chi connectivity index (χ3n) is 7.94. The van der Waals surface area contributed by atoms with E-state index in [0.29, 0.717) is 23.6 Å². The third kappa shape index (κ3) is 10.5. The van der Waals surface area contributed by atoms with E-state index in [9.17, 15) is 14.4 Å². The number of rotatable bonds is 12. The van der Waals surface area contributed by atoms with E-state index in [1.807, 2.05) is 100 Å². The van der Waals surface area contributed by atoms with Crippen molar-refractivity contribution in [2.24, 2.45) is 5.92 Å². The molecular formula is C38H51N3O4. The number of hydrogen-bond acceptors (Lipinski definition) is 4. The van der Waals surface area contributed by atoms with Gasteiger partial charge in [-0.15, -0.1) is 0 Å². The van der Waals surface area contributed by atoms with Crippen LogP contribution in [0.25, 0.3) is 0 Å². The Morgan fingerprint density at radius 3 is 2.04 bits per heavy atom. The van der Waals surface area contributed by atoms with Crippen molar-refractivity contribution in [3.8, 4) is 0 Å². The van der Waals surface area contributed by atoms with Crippen LogP contribution in [0, 0.1) is 26.7 Å². The molecule has 7 nitrogen and oxygen atoms in total. The van der Waals surface area contributed by atoms with Crippen molar-refractivity contribution < 1.29 is 19.1 Å². The standard InChI is InChI=1S/C38H51N3O4/c1-25(2)19-21-29(6)41(36(43)33(24-30-16-11-10-12-17-30)40-37(44)45-38(7,8)9)34(31-22-20-26(3)28(5)23-31)35(42)39-32-18-14-13-15-27(32)4/h10-18,20,22-23,25,29,33-34H,19,21,24H2,1-9H3,(H,39,42)(H,40,44). The lowest BCUT2D eigenvalue weighted by atomic mass is 9.94. The van der Waals surface area contributed by atoms with Crippen LogP contribution in [-0.4, -0.2) is 40.5 Å². The van der Waals surface area contributed by atoms with E-state index in [0.717, 1.165) is 28.7 Å². The third-order valence-corrected chi connectivity index (χ3v) is 7.94. The predicted octanol–water partition coefficient (Wildman–Crippen LogP) is 8.08. The van der Waals surface area contributed by atoms with Gasteiger partial charge in [0, 0.05) is 18.2 Å². The monoisotopic (exact) mass is 613 g/mol. The number of ether oxygens (including phenoxy) is 1. The number of nitrogens with zero attached hydrogens (tertiary/aromatic N) is 1. The van der Waals surface area contributed by atoms with Gasteiger partial charge in [-0.05, 0) is 101 Å². The van der Waals surface area contributed by atoms with E-state index in [1.165, 1.54) is 0 Å². The van der Waals surface area contributed by atoms with Crippen LogP contribution in [-0.2, 0) is 20.7 Å². The second-order valence-corrected chi connectivity index (χ2v) is 13.5. The summed E-state index contributed by atoms with van der Waals surface area (Å²) >= 11 is 0. The summed E-state index contributed by atoms with van der Waals surface area (Å²) in [5.74, 6) is -0.248. The summed E-state index contributed by atoms with van der Waals surface area (Å²) in [5.41, 5.74) is 4.57. The quantitative estimate of drug-likeness (QED) is 0.216. The Morgan fingerprint density at radius 2 is 1.44 bits per heavy atom. The number of amides is 3. The fraction of sp³-hybridized carbons (Fsp3) is 0.447. The van der Waals surface area contributed by atoms with Crippen molar-refractivity contribution in [3.63, 3.8) is 0 Å². The number of para-hydroxylation sites is 1. The number of hydrogen-bond donors (Lipinski definition) is 2. The topological polar surface area (TPSA) is 87.7 Å². The molecule has 3 aromatic carbocycles. The molecule has 0 aromatic heterocycles. The van der Waals surface area contributed by atoms with Gasteiger partial charge in [0.05, 0.1) is 0 Å². The lowest BCUT2D eigenvalue weighted by Gasteiger charge is -2.39. The minimum absolute atomic E-state index is 0.241. The first-order valence-electron chi connectivity index (χ1n) is 16.0. The molecule has 0 aliphatic rings. The molecule has 7 heteroatoms. The van der Waals surface area contributed by atoms with Gasteiger partial charge in [0.25, 0.3) is 5.91 Å². The van der Waals surface area contributed by atoms with Crippen molar-refractivity contribution in [3.05, 3.63) is 101 Å². The van der Waals surface area contributed by atoms with Crippen LogP contribution in [0.3, 0.4) is 0 Å². The Labute approximate surface area is 269 Å². The molecule has 0 saturated carbocycles. The number of benzene rings is 3. The van der Waals surface area contributed by atoms with E-state index in [4.69, 9.17) is 4.74 Å². The van der Waals surface area contributed by atoms with Crippen molar-refractivity contribution in [2.75, 3.05) is 5.32 Å². The highest BCUT2D eigenvalue weighted by Crippen LogP contribution is 2.31. The van der Waals surface area contributed by atoms with Crippen LogP contribution in [0.5, 0.6) is 0 Å². The molecule has 3 unspecified atom stereocenters. The maximum Gasteiger partial charge on any atom is 0.408 e. The average Bonchev–Trinajstić information content (AvgIpc) is 2.96. The number of nitrogens with one attached hydrogen (secondary N) is 2. The molecule has 0 bridgehead atoms. The van der Waals surface area contributed by atoms with E-state index < -0.39 is 23.8 Å². The molecule has 2 N–H and O–H groups in total. The molecule has 0 fully saturated rings. The molecule has 0 aliphatic heterocycles. The zero-order chi connectivity index (χ0) is 33.3. The summed E-state index contributed by atoms with van der Waals surface area (Å²) in [6, 6.07) is 20.8. The fourth-order valence-corrected chi connectivity index (χ4v) is 5.28. The molecular weight excluding hydrogens is 562 g/mol. The smallest absolute Gasteiger partial charge is 0.408 e. The summed E-state index contributed by atoms with van der Waals surface area (Å²) in [6.07, 6.45) is 1.11. The van der Waals surface area contributed by atoms with Crippen LogP contribution in [0.1, 0.15) is 88.2 Å². The minimum Gasteiger partial charge on any atom is -0.444 e. The van der Waals surface area contributed by atoms with E-state index in [1.54, 1.807) is 25.7 Å². The van der Waals surface area contributed by atoms with Crippen molar-refractivity contribution in [2.45, 2.75) is 105 Å². The first-order valence-corrected chi connectivity index (χ1v) is 16.0. The van der Waals surface area contributed by atoms with E-state index >= 15 is 0 Å². The summed E-state index contributed by atoms with van der Waals surface area (Å²) in [5, 5.41) is 5.98. The van der Waals surface area contributed by atoms with Gasteiger partial charge in [-0.1, -0.05) is 80.6 Å². The maximum atomic E-state index is 14.9. The average molecular weight is 614 g/mol. The van der Waals surface area contributed by atoms with Gasteiger partial charge in [-0.25, -0.2) is 4.79 Å². The van der Waals surface area contributed by atoms with Crippen molar-refractivity contribution >= 4 is 23.6 Å². The zero-order valence-electron chi connectivity index (χ0n) is 28.4. The molecule has 3 aromatic rings. The van der Waals surface area contributed by atoms with Crippen molar-refractivity contribution in [1.29, 1.82) is 0 Å². The molecule has 45 heavy (non-hydrogen) atoms. The molecule has 0 aliphatic carbocycles. The molecule has 0 heterocycles. The highest BCUT2D eigenvalue weighted by Gasteiger charge is 2.39. The summed E-state index contributed by atoms with van der Waals surface area (Å²) < 4.78 is 5.59. The highest BCUT2D eigenvalue weighted by molar-refractivity contribution is 5.99. The minimum atomic E-state index is -0.968. The first-order chi connectivity index (χ1) is 21.2. The second kappa shape index (κ2) is 15.7. The molecule has 0 saturated heterocycles. The SMILES string of the molecule is Cc1ccc(C(C(=O)Nc2ccccc2C)N(C(=O)C(Cc2ccccc2)NC(=O)OC(C)(C)C)C(C)CCC(C)C)cc1C. The lowest BCUT2D eigenvalue weighted by Crippen LogP contribution is -2.55. The molecule has 242 valence electrons. The van der Waals surface area contributed by atoms with E-state index in [-0.39, 0.29) is 24.3 Å². The summed E-state index contributed by atoms with van der Waals surface area (Å²) in [6.45, 7) is 17.6. The van der Waals surface area contributed by atoms with Crippen LogP contribution >= 0.6 is 0 Å². The van der Waals surface area contributed by atoms with Gasteiger partial charge in [0.15, 0.2) is 0 Å². The zero-order valence-corrected chi connectivity index (χ0v) is 28.4. The van der Waals surface area contributed by atoms with Gasteiger partial charge in [0.2, 0.25) is 5.91 Å². The maximum absolute atomic E-state index is 14.9. The van der Waals surface area contributed by atoms with Crippen molar-refractivity contribution in [1.82, 2.24) is 10.2 Å². The van der Waals surface area contributed by atoms with E-state index in [2.05, 4.69) is 24.5 Å². The second-order valence-electron chi connectivity index (χ2n) is 13.5. The van der Waals surface area contributed by atoms with Gasteiger partial charge in [-0.2, -0.15) is 0 Å². The lowest BCUT2D eigenvalue weighted by molar-refractivity contribution is -0.143. The number of aryl methyl sites for hydroxylation is 3. The van der Waals surface area contributed by atoms with Gasteiger partial charge < -0.3 is 20.3 Å². The Kier molecular flexibility index (Phi) is 12.4. The Bertz CT molecular complexity index is 1440. The first kappa shape index (κ1) is 35.4. The normalized spacial score (nSPS) is 13.5. The van der Waals surface area contributed by atoms with Crippen LogP contribution in [0.15, 0.2) is 72.8 Å². The molecule has 3 amide bonds. The molecule has 0 radical (unpaired) electrons. The largest absolute Gasteiger partial charge is 0.444 e. The van der Waals surface area contributed by atoms with Gasteiger partial charge >= 0.3 is 6.09 Å². The number of carbonyl (C=O) groups excluding carboxylic acids is 3. The Morgan fingerprint density at radius 1 is 0.800 bits per heavy atom. The van der Waals surface area contributed by atoms with Crippen LogP contribution in [0.2, 0.25) is 0 Å². The molecule has 3 atom stereocenters. The fourth-order valence-electron chi connectivity index (χ4n) is 5.28. The summed E-state index contributed by atoms with van der Waals surface area (Å²) in [7, 11) is 0. The number of alkyl carbamates (subject to hydrolysis) is 1. The van der Waals surface area contributed by atoms with Gasteiger partial charge in [-0.3, -0.25) is 9.59 Å². The van der Waals surface area contributed by atoms with Crippen LogP contribution < -0.4 is 10.6 Å². The highest BCUT2D eigenvalue weighted by atomic mass is 16.6. The number of anilines is 1.